The third-order valence-corrected chi connectivity index (χ3v) is 4.93. The van der Waals surface area contributed by atoms with Crippen LogP contribution in [-0.4, -0.2) is 41.2 Å². The highest BCUT2D eigenvalue weighted by Crippen LogP contribution is 2.33. The lowest BCUT2D eigenvalue weighted by atomic mass is 9.98. The van der Waals surface area contributed by atoms with Crippen LogP contribution in [0.4, 0.5) is 0 Å². The van der Waals surface area contributed by atoms with Crippen LogP contribution in [0, 0.1) is 5.92 Å². The zero-order chi connectivity index (χ0) is 12.7. The van der Waals surface area contributed by atoms with Crippen molar-refractivity contribution in [2.45, 2.75) is 43.9 Å². The summed E-state index contributed by atoms with van der Waals surface area (Å²) >= 11 is 1.97. The van der Waals surface area contributed by atoms with Gasteiger partial charge in [-0.2, -0.15) is 11.8 Å². The molecule has 4 nitrogen and oxygen atoms in total. The largest absolute Gasteiger partial charge is 0.395 e. The zero-order valence-corrected chi connectivity index (χ0v) is 11.3. The van der Waals surface area contributed by atoms with Crippen molar-refractivity contribution in [2.24, 2.45) is 11.7 Å². The fourth-order valence-electron chi connectivity index (χ4n) is 2.05. The number of aliphatic hydroxyl groups is 1. The van der Waals surface area contributed by atoms with E-state index < -0.39 is 0 Å². The van der Waals surface area contributed by atoms with E-state index in [1.165, 1.54) is 5.75 Å². The summed E-state index contributed by atoms with van der Waals surface area (Å²) in [6.45, 7) is 2.58. The van der Waals surface area contributed by atoms with Gasteiger partial charge in [0, 0.05) is 24.3 Å². The Kier molecular flexibility index (Phi) is 6.92. The lowest BCUT2D eigenvalue weighted by Crippen LogP contribution is -2.33. The molecule has 0 bridgehead atoms. The van der Waals surface area contributed by atoms with Crippen molar-refractivity contribution < 1.29 is 9.90 Å². The first-order valence-electron chi connectivity index (χ1n) is 6.40. The number of aliphatic hydroxyl groups excluding tert-OH is 1. The first kappa shape index (κ1) is 14.8. The van der Waals surface area contributed by atoms with Gasteiger partial charge < -0.3 is 16.2 Å². The van der Waals surface area contributed by atoms with Crippen LogP contribution in [0.15, 0.2) is 0 Å². The molecule has 1 saturated heterocycles. The van der Waals surface area contributed by atoms with E-state index >= 15 is 0 Å². The molecule has 0 aromatic heterocycles. The van der Waals surface area contributed by atoms with Gasteiger partial charge in [-0.1, -0.05) is 13.3 Å². The maximum Gasteiger partial charge on any atom is 0.220 e. The summed E-state index contributed by atoms with van der Waals surface area (Å²) in [6.07, 6.45) is 3.64. The number of rotatable bonds is 7. The molecule has 1 heterocycles. The molecule has 0 spiro atoms. The van der Waals surface area contributed by atoms with Crippen LogP contribution in [0.5, 0.6) is 0 Å². The molecule has 17 heavy (non-hydrogen) atoms. The molecule has 0 radical (unpaired) electrons. The van der Waals surface area contributed by atoms with Gasteiger partial charge in [0.15, 0.2) is 0 Å². The smallest absolute Gasteiger partial charge is 0.220 e. The third-order valence-electron chi connectivity index (χ3n) is 3.24. The number of unbranched alkanes of at least 4 members (excludes halogenated alkanes) is 1. The molecule has 0 aromatic rings. The Labute approximate surface area is 108 Å². The van der Waals surface area contributed by atoms with Crippen LogP contribution in [0.3, 0.4) is 0 Å². The summed E-state index contributed by atoms with van der Waals surface area (Å²) < 4.78 is 0. The first-order chi connectivity index (χ1) is 8.15. The summed E-state index contributed by atoms with van der Waals surface area (Å²) in [4.78, 5) is 11.3. The second-order valence-electron chi connectivity index (χ2n) is 4.75. The number of nitrogens with two attached hydrogens (primary N) is 1. The molecule has 0 aliphatic carbocycles. The Morgan fingerprint density at radius 1 is 1.53 bits per heavy atom. The SMILES string of the molecule is C[C@@H]1CS[C@H](CCCCC(=O)NCCO)[C@@H]1N. The van der Waals surface area contributed by atoms with Crippen LogP contribution in [0.1, 0.15) is 32.6 Å². The van der Waals surface area contributed by atoms with Gasteiger partial charge >= 0.3 is 0 Å². The van der Waals surface area contributed by atoms with Gasteiger partial charge in [-0.25, -0.2) is 0 Å². The van der Waals surface area contributed by atoms with Gasteiger partial charge in [0.1, 0.15) is 0 Å². The quantitative estimate of drug-likeness (QED) is 0.590. The summed E-state index contributed by atoms with van der Waals surface area (Å²) in [7, 11) is 0. The van der Waals surface area contributed by atoms with Crippen LogP contribution >= 0.6 is 11.8 Å². The predicted molar refractivity (Wildman–Crippen MR) is 71.9 cm³/mol. The van der Waals surface area contributed by atoms with Crippen LogP contribution in [0.25, 0.3) is 0 Å². The molecule has 1 fully saturated rings. The van der Waals surface area contributed by atoms with Gasteiger partial charge in [-0.15, -0.1) is 0 Å². The highest BCUT2D eigenvalue weighted by Gasteiger charge is 2.30. The highest BCUT2D eigenvalue weighted by atomic mass is 32.2. The van der Waals surface area contributed by atoms with Crippen molar-refractivity contribution in [3.8, 4) is 0 Å². The Morgan fingerprint density at radius 2 is 2.29 bits per heavy atom. The standard InChI is InChI=1S/C12H24N2O2S/c1-9-8-17-10(12(9)13)4-2-3-5-11(16)14-6-7-15/h9-10,12,15H,2-8,13H2,1H3,(H,14,16)/t9-,10-,12-/m1/s1. The van der Waals surface area contributed by atoms with Gasteiger partial charge in [0.05, 0.1) is 6.61 Å². The second-order valence-corrected chi connectivity index (χ2v) is 6.02. The molecule has 5 heteroatoms. The molecular weight excluding hydrogens is 236 g/mol. The number of amides is 1. The Balaban J connectivity index is 2.02. The molecule has 100 valence electrons. The topological polar surface area (TPSA) is 75.3 Å². The van der Waals surface area contributed by atoms with Gasteiger partial charge in [0.2, 0.25) is 5.91 Å². The van der Waals surface area contributed by atoms with Crippen LogP contribution < -0.4 is 11.1 Å². The molecule has 0 aromatic carbocycles. The van der Waals surface area contributed by atoms with E-state index in [-0.39, 0.29) is 12.5 Å². The average Bonchev–Trinajstić information content (AvgIpc) is 2.63. The average molecular weight is 260 g/mol. The second kappa shape index (κ2) is 7.95. The maximum atomic E-state index is 11.3. The molecule has 3 atom stereocenters. The van der Waals surface area contributed by atoms with Crippen molar-refractivity contribution in [1.29, 1.82) is 0 Å². The Morgan fingerprint density at radius 3 is 2.88 bits per heavy atom. The number of hydrogen-bond donors (Lipinski definition) is 3. The van der Waals surface area contributed by atoms with E-state index in [0.29, 0.717) is 30.2 Å². The third kappa shape index (κ3) is 5.27. The van der Waals surface area contributed by atoms with E-state index in [9.17, 15) is 4.79 Å². The van der Waals surface area contributed by atoms with Crippen molar-refractivity contribution in [1.82, 2.24) is 5.32 Å². The fraction of sp³-hybridized carbons (Fsp3) is 0.917. The molecule has 0 saturated carbocycles. The van der Waals surface area contributed by atoms with Crippen molar-refractivity contribution >= 4 is 17.7 Å². The maximum absolute atomic E-state index is 11.3. The molecular formula is C12H24N2O2S. The van der Waals surface area contributed by atoms with E-state index in [4.69, 9.17) is 10.8 Å². The number of hydrogen-bond acceptors (Lipinski definition) is 4. The minimum absolute atomic E-state index is 0.0111. The van der Waals surface area contributed by atoms with Gasteiger partial charge in [-0.05, 0) is 24.5 Å². The predicted octanol–water partition coefficient (Wildman–Crippen LogP) is 0.734. The van der Waals surface area contributed by atoms with E-state index in [0.717, 1.165) is 19.3 Å². The molecule has 1 aliphatic rings. The number of thioether (sulfide) groups is 1. The number of carbonyl (C=O) groups excluding carboxylic acids is 1. The van der Waals surface area contributed by atoms with Crippen molar-refractivity contribution in [3.63, 3.8) is 0 Å². The van der Waals surface area contributed by atoms with Gasteiger partial charge in [-0.3, -0.25) is 4.79 Å². The molecule has 1 rings (SSSR count). The molecule has 1 aliphatic heterocycles. The highest BCUT2D eigenvalue weighted by molar-refractivity contribution is 8.00. The lowest BCUT2D eigenvalue weighted by molar-refractivity contribution is -0.121. The minimum Gasteiger partial charge on any atom is -0.395 e. The normalized spacial score (nSPS) is 28.3. The van der Waals surface area contributed by atoms with Crippen LogP contribution in [0.2, 0.25) is 0 Å². The van der Waals surface area contributed by atoms with Crippen LogP contribution in [-0.2, 0) is 4.79 Å². The van der Waals surface area contributed by atoms with Crippen molar-refractivity contribution in [2.75, 3.05) is 18.9 Å². The minimum atomic E-state index is 0.0111. The Hall–Kier alpha value is -0.260. The molecule has 1 amide bonds. The Bertz CT molecular complexity index is 239. The molecule has 0 unspecified atom stereocenters. The molecule has 4 N–H and O–H groups in total. The zero-order valence-electron chi connectivity index (χ0n) is 10.5. The van der Waals surface area contributed by atoms with E-state index in [1.807, 2.05) is 11.8 Å². The summed E-state index contributed by atoms with van der Waals surface area (Å²) in [5, 5.41) is 11.8. The summed E-state index contributed by atoms with van der Waals surface area (Å²) in [6, 6.07) is 0.322. The van der Waals surface area contributed by atoms with E-state index in [2.05, 4.69) is 12.2 Å². The number of nitrogens with one attached hydrogen (secondary N) is 1. The van der Waals surface area contributed by atoms with E-state index in [1.54, 1.807) is 0 Å². The van der Waals surface area contributed by atoms with Crippen molar-refractivity contribution in [3.05, 3.63) is 0 Å². The first-order valence-corrected chi connectivity index (χ1v) is 7.44. The summed E-state index contributed by atoms with van der Waals surface area (Å²) in [5.74, 6) is 1.83. The van der Waals surface area contributed by atoms with Gasteiger partial charge in [0.25, 0.3) is 0 Å². The fourth-order valence-corrected chi connectivity index (χ4v) is 3.65. The monoisotopic (exact) mass is 260 g/mol. The summed E-state index contributed by atoms with van der Waals surface area (Å²) in [5.41, 5.74) is 6.10. The number of carbonyl (C=O) groups is 1. The lowest BCUT2D eigenvalue weighted by Gasteiger charge is -2.16.